The van der Waals surface area contributed by atoms with E-state index >= 15 is 0 Å². The van der Waals surface area contributed by atoms with Crippen molar-refractivity contribution in [1.29, 1.82) is 0 Å². The fourth-order valence-corrected chi connectivity index (χ4v) is 2.62. The zero-order valence-corrected chi connectivity index (χ0v) is 13.3. The summed E-state index contributed by atoms with van der Waals surface area (Å²) in [7, 11) is 0. The van der Waals surface area contributed by atoms with Gasteiger partial charge in [0, 0.05) is 11.9 Å². The topological polar surface area (TPSA) is 29.1 Å². The molecule has 4 heteroatoms. The molecule has 0 saturated heterocycles. The van der Waals surface area contributed by atoms with E-state index in [2.05, 4.69) is 5.32 Å². The van der Waals surface area contributed by atoms with Gasteiger partial charge in [0.25, 0.3) is 5.91 Å². The molecule has 110 valence electrons. The van der Waals surface area contributed by atoms with Crippen molar-refractivity contribution >= 4 is 29.1 Å². The van der Waals surface area contributed by atoms with Crippen molar-refractivity contribution in [3.8, 4) is 0 Å². The fourth-order valence-electron chi connectivity index (χ4n) is 2.11. The second-order valence-electron chi connectivity index (χ2n) is 5.00. The summed E-state index contributed by atoms with van der Waals surface area (Å²) in [6.07, 6.45) is 0.694. The molecule has 0 heterocycles. The van der Waals surface area contributed by atoms with Crippen molar-refractivity contribution in [3.63, 3.8) is 0 Å². The summed E-state index contributed by atoms with van der Waals surface area (Å²) in [5, 5.41) is 3.40. The van der Waals surface area contributed by atoms with Crippen molar-refractivity contribution in [2.75, 3.05) is 5.88 Å². The van der Waals surface area contributed by atoms with Crippen LogP contribution in [0.3, 0.4) is 0 Å². The molecule has 0 aliphatic carbocycles. The van der Waals surface area contributed by atoms with Crippen LogP contribution in [0, 0.1) is 6.92 Å². The molecule has 0 bridgehead atoms. The van der Waals surface area contributed by atoms with Crippen LogP contribution in [0.2, 0.25) is 5.02 Å². The summed E-state index contributed by atoms with van der Waals surface area (Å²) in [6, 6.07) is 15.2. The molecule has 0 aliphatic heterocycles. The standard InChI is InChI=1S/C17H17Cl2NO/c1-12-7-8-15(16(19)9-12)17(21)20-14(11-18)10-13-5-3-2-4-6-13/h2-9,14H,10-11H2,1H3,(H,20,21). The molecule has 1 amide bonds. The molecule has 0 radical (unpaired) electrons. The molecule has 1 N–H and O–H groups in total. The third-order valence-electron chi connectivity index (χ3n) is 3.22. The molecule has 0 aliphatic rings. The van der Waals surface area contributed by atoms with E-state index in [9.17, 15) is 4.79 Å². The first kappa shape index (κ1) is 15.9. The average Bonchev–Trinajstić information content (AvgIpc) is 2.47. The van der Waals surface area contributed by atoms with E-state index in [-0.39, 0.29) is 11.9 Å². The van der Waals surface area contributed by atoms with Crippen LogP contribution < -0.4 is 5.32 Å². The first-order valence-corrected chi connectivity index (χ1v) is 7.68. The molecule has 2 aromatic rings. The second-order valence-corrected chi connectivity index (χ2v) is 5.71. The van der Waals surface area contributed by atoms with Gasteiger partial charge in [0.15, 0.2) is 0 Å². The van der Waals surface area contributed by atoms with E-state index in [4.69, 9.17) is 23.2 Å². The second kappa shape index (κ2) is 7.48. The first-order chi connectivity index (χ1) is 10.1. The molecular formula is C17H17Cl2NO. The Balaban J connectivity index is 2.06. The Bertz CT molecular complexity index is 613. The van der Waals surface area contributed by atoms with Gasteiger partial charge in [-0.05, 0) is 36.6 Å². The van der Waals surface area contributed by atoms with Gasteiger partial charge in [-0.15, -0.1) is 11.6 Å². The number of rotatable bonds is 5. The Morgan fingerprint density at radius 2 is 1.90 bits per heavy atom. The van der Waals surface area contributed by atoms with Gasteiger partial charge < -0.3 is 5.32 Å². The minimum absolute atomic E-state index is 0.126. The minimum Gasteiger partial charge on any atom is -0.348 e. The summed E-state index contributed by atoms with van der Waals surface area (Å²) < 4.78 is 0. The zero-order valence-electron chi connectivity index (χ0n) is 11.8. The number of alkyl halides is 1. The Morgan fingerprint density at radius 1 is 1.19 bits per heavy atom. The third kappa shape index (κ3) is 4.48. The quantitative estimate of drug-likeness (QED) is 0.820. The number of hydrogen-bond acceptors (Lipinski definition) is 1. The highest BCUT2D eigenvalue weighted by molar-refractivity contribution is 6.33. The van der Waals surface area contributed by atoms with Gasteiger partial charge in [-0.25, -0.2) is 0 Å². The highest BCUT2D eigenvalue weighted by Crippen LogP contribution is 2.18. The molecule has 2 nitrogen and oxygen atoms in total. The Kier molecular flexibility index (Phi) is 5.66. The van der Waals surface area contributed by atoms with E-state index in [0.29, 0.717) is 22.9 Å². The van der Waals surface area contributed by atoms with E-state index < -0.39 is 0 Å². The van der Waals surface area contributed by atoms with E-state index in [0.717, 1.165) is 11.1 Å². The third-order valence-corrected chi connectivity index (χ3v) is 3.90. The van der Waals surface area contributed by atoms with Crippen molar-refractivity contribution in [2.24, 2.45) is 0 Å². The van der Waals surface area contributed by atoms with Gasteiger partial charge in [-0.3, -0.25) is 4.79 Å². The lowest BCUT2D eigenvalue weighted by atomic mass is 10.1. The Morgan fingerprint density at radius 3 is 2.52 bits per heavy atom. The highest BCUT2D eigenvalue weighted by atomic mass is 35.5. The summed E-state index contributed by atoms with van der Waals surface area (Å²) in [4.78, 5) is 12.3. The lowest BCUT2D eigenvalue weighted by molar-refractivity contribution is 0.0940. The number of carbonyl (C=O) groups excluding carboxylic acids is 1. The van der Waals surface area contributed by atoms with Gasteiger partial charge in [0.2, 0.25) is 0 Å². The maximum atomic E-state index is 12.3. The van der Waals surface area contributed by atoms with Crippen molar-refractivity contribution in [2.45, 2.75) is 19.4 Å². The van der Waals surface area contributed by atoms with Gasteiger partial charge in [0.05, 0.1) is 10.6 Å². The molecule has 0 spiro atoms. The van der Waals surface area contributed by atoms with Crippen LogP contribution >= 0.6 is 23.2 Å². The number of benzene rings is 2. The molecule has 0 saturated carbocycles. The van der Waals surface area contributed by atoms with Crippen LogP contribution in [0.25, 0.3) is 0 Å². The maximum absolute atomic E-state index is 12.3. The molecule has 2 rings (SSSR count). The zero-order chi connectivity index (χ0) is 15.2. The molecule has 0 aromatic heterocycles. The Hall–Kier alpha value is -1.51. The summed E-state index contributed by atoms with van der Waals surface area (Å²) in [5.41, 5.74) is 2.64. The molecular weight excluding hydrogens is 305 g/mol. The fraction of sp³-hybridized carbons (Fsp3) is 0.235. The number of halogens is 2. The summed E-state index contributed by atoms with van der Waals surface area (Å²) in [5.74, 6) is 0.158. The number of hydrogen-bond donors (Lipinski definition) is 1. The average molecular weight is 322 g/mol. The van der Waals surface area contributed by atoms with Crippen LogP contribution in [0.5, 0.6) is 0 Å². The maximum Gasteiger partial charge on any atom is 0.253 e. The molecule has 0 fully saturated rings. The van der Waals surface area contributed by atoms with Gasteiger partial charge >= 0.3 is 0 Å². The van der Waals surface area contributed by atoms with Crippen molar-refractivity contribution in [3.05, 3.63) is 70.2 Å². The van der Waals surface area contributed by atoms with E-state index in [1.54, 1.807) is 12.1 Å². The van der Waals surface area contributed by atoms with Gasteiger partial charge in [0.1, 0.15) is 0 Å². The van der Waals surface area contributed by atoms with E-state index in [1.807, 2.05) is 43.3 Å². The van der Waals surface area contributed by atoms with Gasteiger partial charge in [-0.2, -0.15) is 0 Å². The number of aryl methyl sites for hydroxylation is 1. The van der Waals surface area contributed by atoms with Crippen LogP contribution in [-0.4, -0.2) is 17.8 Å². The largest absolute Gasteiger partial charge is 0.348 e. The monoisotopic (exact) mass is 321 g/mol. The van der Waals surface area contributed by atoms with Crippen LogP contribution in [0.15, 0.2) is 48.5 Å². The number of amides is 1. The van der Waals surface area contributed by atoms with Crippen LogP contribution in [0.4, 0.5) is 0 Å². The molecule has 1 unspecified atom stereocenters. The van der Waals surface area contributed by atoms with Crippen molar-refractivity contribution in [1.82, 2.24) is 5.32 Å². The normalized spacial score (nSPS) is 12.0. The van der Waals surface area contributed by atoms with Gasteiger partial charge in [-0.1, -0.05) is 48.0 Å². The molecule has 2 aromatic carbocycles. The smallest absolute Gasteiger partial charge is 0.253 e. The number of carbonyl (C=O) groups is 1. The van der Waals surface area contributed by atoms with Crippen molar-refractivity contribution < 1.29 is 4.79 Å². The molecule has 1 atom stereocenters. The first-order valence-electron chi connectivity index (χ1n) is 6.77. The van der Waals surface area contributed by atoms with E-state index in [1.165, 1.54) is 0 Å². The lowest BCUT2D eigenvalue weighted by Crippen LogP contribution is -2.37. The van der Waals surface area contributed by atoms with Crippen LogP contribution in [0.1, 0.15) is 21.5 Å². The highest BCUT2D eigenvalue weighted by Gasteiger charge is 2.15. The minimum atomic E-state index is -0.193. The summed E-state index contributed by atoms with van der Waals surface area (Å²) in [6.45, 7) is 1.94. The predicted molar refractivity (Wildman–Crippen MR) is 88.3 cm³/mol. The Labute approximate surface area is 135 Å². The van der Waals surface area contributed by atoms with Crippen LogP contribution in [-0.2, 0) is 6.42 Å². The SMILES string of the molecule is Cc1ccc(C(=O)NC(CCl)Cc2ccccc2)c(Cl)c1. The molecule has 21 heavy (non-hydrogen) atoms. The lowest BCUT2D eigenvalue weighted by Gasteiger charge is -2.17. The summed E-state index contributed by atoms with van der Waals surface area (Å²) >= 11 is 12.1. The number of nitrogens with one attached hydrogen (secondary N) is 1. The predicted octanol–water partition coefficient (Wildman–Crippen LogP) is 4.23.